The number of carbonyl (C=O) groups is 2. The molecule has 1 saturated heterocycles. The SMILES string of the molecule is Cc1ccccc1C(=O)Oc1ccc(/C=N/N=C2/NC(=O)CS2)cc1. The molecule has 0 unspecified atom stereocenters. The van der Waals surface area contributed by atoms with Crippen molar-refractivity contribution in [1.29, 1.82) is 0 Å². The molecule has 126 valence electrons. The molecule has 1 amide bonds. The molecule has 0 bridgehead atoms. The van der Waals surface area contributed by atoms with E-state index in [0.717, 1.165) is 11.1 Å². The van der Waals surface area contributed by atoms with E-state index in [1.807, 2.05) is 19.1 Å². The molecule has 0 saturated carbocycles. The van der Waals surface area contributed by atoms with Crippen LogP contribution in [0.3, 0.4) is 0 Å². The molecule has 0 radical (unpaired) electrons. The number of amidine groups is 1. The fourth-order valence-electron chi connectivity index (χ4n) is 2.11. The monoisotopic (exact) mass is 353 g/mol. The van der Waals surface area contributed by atoms with Crippen LogP contribution in [-0.4, -0.2) is 29.0 Å². The Hall–Kier alpha value is -2.93. The van der Waals surface area contributed by atoms with Gasteiger partial charge in [-0.15, -0.1) is 5.10 Å². The van der Waals surface area contributed by atoms with Gasteiger partial charge < -0.3 is 10.1 Å². The quantitative estimate of drug-likeness (QED) is 0.397. The molecule has 2 aromatic rings. The Kier molecular flexibility index (Phi) is 5.25. The first-order valence-electron chi connectivity index (χ1n) is 7.53. The number of nitrogens with one attached hydrogen (secondary N) is 1. The Balaban J connectivity index is 1.61. The Labute approximate surface area is 149 Å². The average molecular weight is 353 g/mol. The van der Waals surface area contributed by atoms with Crippen molar-refractivity contribution >= 4 is 35.0 Å². The van der Waals surface area contributed by atoms with E-state index in [9.17, 15) is 9.59 Å². The zero-order valence-corrected chi connectivity index (χ0v) is 14.2. The van der Waals surface area contributed by atoms with Crippen molar-refractivity contribution in [1.82, 2.24) is 5.32 Å². The number of carbonyl (C=O) groups excluding carboxylic acids is 2. The maximum atomic E-state index is 12.2. The van der Waals surface area contributed by atoms with Crippen LogP contribution in [-0.2, 0) is 4.79 Å². The van der Waals surface area contributed by atoms with Gasteiger partial charge in [-0.3, -0.25) is 4.79 Å². The lowest BCUT2D eigenvalue weighted by atomic mass is 10.1. The second-order valence-corrected chi connectivity index (χ2v) is 6.22. The summed E-state index contributed by atoms with van der Waals surface area (Å²) in [4.78, 5) is 23.2. The summed E-state index contributed by atoms with van der Waals surface area (Å²) in [5.41, 5.74) is 2.21. The minimum absolute atomic E-state index is 0.0706. The van der Waals surface area contributed by atoms with Crippen molar-refractivity contribution in [3.05, 3.63) is 65.2 Å². The number of esters is 1. The van der Waals surface area contributed by atoms with Gasteiger partial charge in [0, 0.05) is 0 Å². The minimum Gasteiger partial charge on any atom is -0.423 e. The minimum atomic E-state index is -0.389. The van der Waals surface area contributed by atoms with Crippen LogP contribution in [0.4, 0.5) is 0 Å². The average Bonchev–Trinajstić information content (AvgIpc) is 3.02. The van der Waals surface area contributed by atoms with Crippen LogP contribution >= 0.6 is 11.8 Å². The highest BCUT2D eigenvalue weighted by Gasteiger charge is 2.16. The second kappa shape index (κ2) is 7.76. The van der Waals surface area contributed by atoms with Gasteiger partial charge in [0.05, 0.1) is 17.5 Å². The lowest BCUT2D eigenvalue weighted by Gasteiger charge is -2.06. The smallest absolute Gasteiger partial charge is 0.343 e. The molecule has 7 heteroatoms. The molecule has 1 aliphatic heterocycles. The summed E-state index contributed by atoms with van der Waals surface area (Å²) in [6.45, 7) is 1.86. The van der Waals surface area contributed by atoms with E-state index in [0.29, 0.717) is 22.2 Å². The van der Waals surface area contributed by atoms with Crippen molar-refractivity contribution in [3.8, 4) is 5.75 Å². The van der Waals surface area contributed by atoms with Gasteiger partial charge in [-0.1, -0.05) is 30.0 Å². The lowest BCUT2D eigenvalue weighted by Crippen LogP contribution is -2.19. The molecule has 25 heavy (non-hydrogen) atoms. The predicted molar refractivity (Wildman–Crippen MR) is 98.2 cm³/mol. The van der Waals surface area contributed by atoms with E-state index < -0.39 is 0 Å². The fourth-order valence-corrected chi connectivity index (χ4v) is 2.74. The van der Waals surface area contributed by atoms with Crippen LogP contribution in [0.5, 0.6) is 5.75 Å². The molecule has 2 aromatic carbocycles. The lowest BCUT2D eigenvalue weighted by molar-refractivity contribution is -0.116. The third-order valence-electron chi connectivity index (χ3n) is 3.40. The molecule has 0 aliphatic carbocycles. The van der Waals surface area contributed by atoms with Crippen LogP contribution in [0.1, 0.15) is 21.5 Å². The Morgan fingerprint density at radius 3 is 2.64 bits per heavy atom. The highest BCUT2D eigenvalue weighted by Crippen LogP contribution is 2.15. The summed E-state index contributed by atoms with van der Waals surface area (Å²) < 4.78 is 5.37. The van der Waals surface area contributed by atoms with E-state index in [4.69, 9.17) is 4.74 Å². The molecule has 1 fully saturated rings. The Morgan fingerprint density at radius 2 is 1.96 bits per heavy atom. The van der Waals surface area contributed by atoms with E-state index in [1.54, 1.807) is 42.6 Å². The summed E-state index contributed by atoms with van der Waals surface area (Å²) in [6.07, 6.45) is 1.56. The van der Waals surface area contributed by atoms with Crippen LogP contribution in [0.25, 0.3) is 0 Å². The van der Waals surface area contributed by atoms with E-state index >= 15 is 0 Å². The van der Waals surface area contributed by atoms with Gasteiger partial charge in [0.2, 0.25) is 5.91 Å². The number of nitrogens with zero attached hydrogens (tertiary/aromatic N) is 2. The molecule has 3 rings (SSSR count). The normalized spacial score (nSPS) is 15.6. The molecule has 1 aliphatic rings. The number of aryl methyl sites for hydroxylation is 1. The number of hydrogen-bond donors (Lipinski definition) is 1. The maximum absolute atomic E-state index is 12.2. The fraction of sp³-hybridized carbons (Fsp3) is 0.111. The molecule has 0 spiro atoms. The molecule has 0 aromatic heterocycles. The van der Waals surface area contributed by atoms with Crippen molar-refractivity contribution in [3.63, 3.8) is 0 Å². The maximum Gasteiger partial charge on any atom is 0.343 e. The van der Waals surface area contributed by atoms with Crippen LogP contribution in [0.2, 0.25) is 0 Å². The molecule has 6 nitrogen and oxygen atoms in total. The van der Waals surface area contributed by atoms with Crippen molar-refractivity contribution < 1.29 is 14.3 Å². The Bertz CT molecular complexity index is 860. The zero-order valence-electron chi connectivity index (χ0n) is 13.4. The first-order valence-corrected chi connectivity index (χ1v) is 8.52. The van der Waals surface area contributed by atoms with Gasteiger partial charge in [0.1, 0.15) is 5.75 Å². The van der Waals surface area contributed by atoms with Crippen LogP contribution in [0, 0.1) is 6.92 Å². The zero-order chi connectivity index (χ0) is 17.6. The molecule has 1 heterocycles. The highest BCUT2D eigenvalue weighted by atomic mass is 32.2. The molecule has 1 N–H and O–H groups in total. The number of amides is 1. The summed E-state index contributed by atoms with van der Waals surface area (Å²) >= 11 is 1.31. The summed E-state index contributed by atoms with van der Waals surface area (Å²) in [6, 6.07) is 14.2. The molecule has 0 atom stereocenters. The van der Waals surface area contributed by atoms with Gasteiger partial charge in [0.25, 0.3) is 0 Å². The third-order valence-corrected chi connectivity index (χ3v) is 4.26. The largest absolute Gasteiger partial charge is 0.423 e. The van der Waals surface area contributed by atoms with Gasteiger partial charge in [-0.2, -0.15) is 5.10 Å². The Morgan fingerprint density at radius 1 is 1.20 bits per heavy atom. The van der Waals surface area contributed by atoms with Crippen molar-refractivity contribution in [2.75, 3.05) is 5.75 Å². The summed E-state index contributed by atoms with van der Waals surface area (Å²) in [7, 11) is 0. The highest BCUT2D eigenvalue weighted by molar-refractivity contribution is 8.15. The number of benzene rings is 2. The van der Waals surface area contributed by atoms with Gasteiger partial charge in [-0.25, -0.2) is 4.79 Å². The molecular weight excluding hydrogens is 338 g/mol. The standard InChI is InChI=1S/C18H15N3O3S/c1-12-4-2-3-5-15(12)17(23)24-14-8-6-13(7-9-14)10-19-21-18-20-16(22)11-25-18/h2-10H,11H2,1H3,(H,20,21,22)/b19-10+. The number of rotatable bonds is 4. The first kappa shape index (κ1) is 16.9. The summed E-state index contributed by atoms with van der Waals surface area (Å²) in [5.74, 6) is 0.365. The summed E-state index contributed by atoms with van der Waals surface area (Å²) in [5, 5.41) is 10.9. The van der Waals surface area contributed by atoms with Crippen molar-refractivity contribution in [2.45, 2.75) is 6.92 Å². The number of ether oxygens (including phenoxy) is 1. The third kappa shape index (κ3) is 4.54. The molecular formula is C18H15N3O3S. The van der Waals surface area contributed by atoms with Gasteiger partial charge in [-0.05, 0) is 48.4 Å². The van der Waals surface area contributed by atoms with Crippen LogP contribution < -0.4 is 10.1 Å². The second-order valence-electron chi connectivity index (χ2n) is 5.26. The first-order chi connectivity index (χ1) is 12.1. The number of thioether (sulfide) groups is 1. The van der Waals surface area contributed by atoms with E-state index in [1.165, 1.54) is 11.8 Å². The van der Waals surface area contributed by atoms with Gasteiger partial charge >= 0.3 is 5.97 Å². The topological polar surface area (TPSA) is 80.1 Å². The number of hydrogen-bond acceptors (Lipinski definition) is 6. The van der Waals surface area contributed by atoms with E-state index in [-0.39, 0.29) is 11.9 Å². The van der Waals surface area contributed by atoms with Crippen molar-refractivity contribution in [2.24, 2.45) is 10.2 Å². The van der Waals surface area contributed by atoms with Gasteiger partial charge in [0.15, 0.2) is 5.17 Å². The predicted octanol–water partition coefficient (Wildman–Crippen LogP) is 2.77. The van der Waals surface area contributed by atoms with Crippen LogP contribution in [0.15, 0.2) is 58.7 Å². The van der Waals surface area contributed by atoms with E-state index in [2.05, 4.69) is 15.5 Å².